The summed E-state index contributed by atoms with van der Waals surface area (Å²) in [4.78, 5) is 22.5. The van der Waals surface area contributed by atoms with E-state index in [1.54, 1.807) is 11.1 Å². The Morgan fingerprint density at radius 2 is 2.25 bits per heavy atom. The lowest BCUT2D eigenvalue weighted by Gasteiger charge is -2.17. The summed E-state index contributed by atoms with van der Waals surface area (Å²) in [5.41, 5.74) is 0.376. The average molecular weight is 276 g/mol. The Labute approximate surface area is 118 Å². The van der Waals surface area contributed by atoms with Crippen molar-refractivity contribution in [2.24, 2.45) is 11.8 Å². The summed E-state index contributed by atoms with van der Waals surface area (Å²) in [5.74, 6) is 1.29. The molecule has 3 unspecified atom stereocenters. The number of fused-ring (bicyclic) bond motifs is 1. The number of hydrogen-bond acceptors (Lipinski definition) is 5. The van der Waals surface area contributed by atoms with E-state index in [1.807, 2.05) is 6.92 Å². The normalized spacial score (nSPS) is 28.5. The summed E-state index contributed by atoms with van der Waals surface area (Å²) in [5, 5.41) is 12.9. The number of nitrogens with one attached hydrogen (secondary N) is 1. The highest BCUT2D eigenvalue weighted by Crippen LogP contribution is 2.38. The lowest BCUT2D eigenvalue weighted by molar-refractivity contribution is 0.0746. The second kappa shape index (κ2) is 5.36. The van der Waals surface area contributed by atoms with Gasteiger partial charge in [-0.1, -0.05) is 0 Å². The van der Waals surface area contributed by atoms with Crippen molar-refractivity contribution in [2.75, 3.05) is 25.0 Å². The smallest absolute Gasteiger partial charge is 0.274 e. The van der Waals surface area contributed by atoms with Crippen LogP contribution in [0.4, 0.5) is 5.82 Å². The first-order valence-corrected chi connectivity index (χ1v) is 7.22. The number of hydrogen-bond donors (Lipinski definition) is 2. The molecule has 0 spiro atoms. The first-order chi connectivity index (χ1) is 9.69. The van der Waals surface area contributed by atoms with Gasteiger partial charge in [-0.2, -0.15) is 0 Å². The molecule has 0 aromatic carbocycles. The van der Waals surface area contributed by atoms with Crippen LogP contribution in [0.3, 0.4) is 0 Å². The van der Waals surface area contributed by atoms with Gasteiger partial charge in [-0.15, -0.1) is 0 Å². The maximum atomic E-state index is 12.4. The zero-order valence-electron chi connectivity index (χ0n) is 11.6. The van der Waals surface area contributed by atoms with E-state index in [4.69, 9.17) is 0 Å². The Morgan fingerprint density at radius 1 is 1.40 bits per heavy atom. The van der Waals surface area contributed by atoms with Crippen molar-refractivity contribution in [2.45, 2.75) is 25.9 Å². The molecule has 1 aromatic heterocycles. The lowest BCUT2D eigenvalue weighted by atomic mass is 10.00. The average Bonchev–Trinajstić information content (AvgIpc) is 3.02. The minimum atomic E-state index is -0.250. The van der Waals surface area contributed by atoms with E-state index in [2.05, 4.69) is 15.3 Å². The second-order valence-electron chi connectivity index (χ2n) is 5.60. The molecule has 6 heteroatoms. The topological polar surface area (TPSA) is 78.4 Å². The molecule has 3 atom stereocenters. The zero-order valence-corrected chi connectivity index (χ0v) is 11.6. The molecule has 20 heavy (non-hydrogen) atoms. The predicted molar refractivity (Wildman–Crippen MR) is 74.3 cm³/mol. The van der Waals surface area contributed by atoms with Crippen LogP contribution in [0.1, 0.15) is 30.3 Å². The Balaban J connectivity index is 1.67. The molecule has 6 nitrogen and oxygen atoms in total. The molecular weight excluding hydrogens is 256 g/mol. The van der Waals surface area contributed by atoms with Crippen LogP contribution >= 0.6 is 0 Å². The van der Waals surface area contributed by atoms with Gasteiger partial charge in [0.1, 0.15) is 11.5 Å². The highest BCUT2D eigenvalue weighted by atomic mass is 16.3. The van der Waals surface area contributed by atoms with Gasteiger partial charge in [0.05, 0.1) is 18.5 Å². The Morgan fingerprint density at radius 3 is 2.90 bits per heavy atom. The number of carbonyl (C=O) groups is 1. The number of rotatable bonds is 3. The molecule has 2 N–H and O–H groups in total. The van der Waals surface area contributed by atoms with E-state index in [9.17, 15) is 9.90 Å². The monoisotopic (exact) mass is 276 g/mol. The van der Waals surface area contributed by atoms with Gasteiger partial charge in [-0.25, -0.2) is 9.97 Å². The first-order valence-electron chi connectivity index (χ1n) is 7.22. The summed E-state index contributed by atoms with van der Waals surface area (Å²) in [6, 6.07) is 0. The number of aromatic nitrogens is 2. The van der Waals surface area contributed by atoms with E-state index in [0.717, 1.165) is 25.9 Å². The molecule has 1 aliphatic heterocycles. The van der Waals surface area contributed by atoms with Crippen molar-refractivity contribution in [3.05, 3.63) is 18.1 Å². The van der Waals surface area contributed by atoms with Gasteiger partial charge in [0.25, 0.3) is 5.91 Å². The van der Waals surface area contributed by atoms with Gasteiger partial charge >= 0.3 is 0 Å². The number of likely N-dealkylation sites (tertiary alicyclic amines) is 1. The fraction of sp³-hybridized carbons (Fsp3) is 0.643. The fourth-order valence-corrected chi connectivity index (χ4v) is 3.28. The van der Waals surface area contributed by atoms with Gasteiger partial charge < -0.3 is 15.3 Å². The molecule has 1 aromatic rings. The second-order valence-corrected chi connectivity index (χ2v) is 5.60. The lowest BCUT2D eigenvalue weighted by Crippen LogP contribution is -2.31. The van der Waals surface area contributed by atoms with Crippen LogP contribution in [0.2, 0.25) is 0 Å². The van der Waals surface area contributed by atoms with E-state index in [-0.39, 0.29) is 17.9 Å². The summed E-state index contributed by atoms with van der Waals surface area (Å²) in [6.45, 7) is 4.13. The van der Waals surface area contributed by atoms with Gasteiger partial charge in [-0.3, -0.25) is 4.79 Å². The van der Waals surface area contributed by atoms with Crippen molar-refractivity contribution >= 4 is 11.7 Å². The molecule has 3 rings (SSSR count). The summed E-state index contributed by atoms with van der Waals surface area (Å²) in [7, 11) is 0. The standard InChI is InChI=1S/C14H20N4O2/c1-2-15-13-6-16-11(5-17-13)14(20)18-7-9-3-4-12(19)10(9)8-18/h5-6,9-10,12,19H,2-4,7-8H2,1H3,(H,15,17). The number of aliphatic hydroxyl groups excluding tert-OH is 1. The third-order valence-corrected chi connectivity index (χ3v) is 4.34. The third-order valence-electron chi connectivity index (χ3n) is 4.34. The van der Waals surface area contributed by atoms with Crippen molar-refractivity contribution in [1.29, 1.82) is 0 Å². The van der Waals surface area contributed by atoms with Gasteiger partial charge in [0.2, 0.25) is 0 Å². The summed E-state index contributed by atoms with van der Waals surface area (Å²) >= 11 is 0. The molecule has 0 radical (unpaired) electrons. The minimum absolute atomic E-state index is 0.0813. The molecule has 1 aliphatic carbocycles. The molecule has 1 amide bonds. The number of anilines is 1. The first kappa shape index (κ1) is 13.3. The molecule has 2 aliphatic rings. The van der Waals surface area contributed by atoms with Crippen LogP contribution in [0.25, 0.3) is 0 Å². The van der Waals surface area contributed by atoms with Gasteiger partial charge in [0.15, 0.2) is 0 Å². The van der Waals surface area contributed by atoms with Crippen LogP contribution in [-0.4, -0.2) is 51.6 Å². The fourth-order valence-electron chi connectivity index (χ4n) is 3.28. The number of nitrogens with zero attached hydrogens (tertiary/aromatic N) is 3. The number of carbonyl (C=O) groups excluding carboxylic acids is 1. The molecule has 1 saturated carbocycles. The molecule has 0 bridgehead atoms. The Hall–Kier alpha value is -1.69. The Kier molecular flexibility index (Phi) is 3.56. The van der Waals surface area contributed by atoms with E-state index < -0.39 is 0 Å². The van der Waals surface area contributed by atoms with Crippen molar-refractivity contribution < 1.29 is 9.90 Å². The molecule has 2 fully saturated rings. The molecular formula is C14H20N4O2. The van der Waals surface area contributed by atoms with Crippen LogP contribution in [0.15, 0.2) is 12.4 Å². The van der Waals surface area contributed by atoms with Crippen LogP contribution < -0.4 is 5.32 Å². The van der Waals surface area contributed by atoms with Crippen molar-refractivity contribution in [3.8, 4) is 0 Å². The SMILES string of the molecule is CCNc1cnc(C(=O)N2CC3CCC(O)C3C2)cn1. The van der Waals surface area contributed by atoms with E-state index in [0.29, 0.717) is 24.0 Å². The maximum Gasteiger partial charge on any atom is 0.274 e. The largest absolute Gasteiger partial charge is 0.393 e. The Bertz CT molecular complexity index is 490. The van der Waals surface area contributed by atoms with E-state index in [1.165, 1.54) is 6.20 Å². The van der Waals surface area contributed by atoms with E-state index >= 15 is 0 Å². The van der Waals surface area contributed by atoms with Gasteiger partial charge in [0, 0.05) is 25.6 Å². The zero-order chi connectivity index (χ0) is 14.1. The number of aliphatic hydroxyl groups is 1. The van der Waals surface area contributed by atoms with Gasteiger partial charge in [-0.05, 0) is 25.7 Å². The summed E-state index contributed by atoms with van der Waals surface area (Å²) in [6.07, 6.45) is 4.74. The third kappa shape index (κ3) is 2.35. The maximum absolute atomic E-state index is 12.4. The van der Waals surface area contributed by atoms with Crippen molar-refractivity contribution in [1.82, 2.24) is 14.9 Å². The molecule has 108 valence electrons. The van der Waals surface area contributed by atoms with Crippen LogP contribution in [-0.2, 0) is 0 Å². The quantitative estimate of drug-likeness (QED) is 0.852. The number of amides is 1. The highest BCUT2D eigenvalue weighted by molar-refractivity contribution is 5.92. The minimum Gasteiger partial charge on any atom is -0.393 e. The highest BCUT2D eigenvalue weighted by Gasteiger charge is 2.43. The molecule has 2 heterocycles. The summed E-state index contributed by atoms with van der Waals surface area (Å²) < 4.78 is 0. The van der Waals surface area contributed by atoms with Crippen molar-refractivity contribution in [3.63, 3.8) is 0 Å². The van der Waals surface area contributed by atoms with Crippen LogP contribution in [0, 0.1) is 11.8 Å². The predicted octanol–water partition coefficient (Wildman–Crippen LogP) is 0.751. The molecule has 1 saturated heterocycles. The van der Waals surface area contributed by atoms with Crippen LogP contribution in [0.5, 0.6) is 0 Å².